The zero-order valence-electron chi connectivity index (χ0n) is 10.5. The Labute approximate surface area is 109 Å². The lowest BCUT2D eigenvalue weighted by atomic mass is 10.2. The Morgan fingerprint density at radius 3 is 2.68 bits per heavy atom. The van der Waals surface area contributed by atoms with E-state index in [1.54, 1.807) is 0 Å². The van der Waals surface area contributed by atoms with Crippen molar-refractivity contribution in [1.29, 1.82) is 0 Å². The molecule has 0 aliphatic carbocycles. The van der Waals surface area contributed by atoms with Crippen LogP contribution in [0.15, 0.2) is 18.2 Å². The highest BCUT2D eigenvalue weighted by atomic mass is 19.4. The van der Waals surface area contributed by atoms with Gasteiger partial charge in [0.05, 0.1) is 12.3 Å². The number of rotatable bonds is 6. The van der Waals surface area contributed by atoms with Crippen molar-refractivity contribution in [2.75, 3.05) is 24.2 Å². The highest BCUT2D eigenvalue weighted by Gasteiger charge is 2.37. The largest absolute Gasteiger partial charge is 0.491 e. The van der Waals surface area contributed by atoms with Gasteiger partial charge in [0, 0.05) is 18.3 Å². The lowest BCUT2D eigenvalue weighted by Crippen LogP contribution is -2.34. The van der Waals surface area contributed by atoms with Crippen LogP contribution >= 0.6 is 0 Å². The Hall–Kier alpha value is -1.63. The van der Waals surface area contributed by atoms with E-state index in [1.807, 2.05) is 6.92 Å². The van der Waals surface area contributed by atoms with Crippen molar-refractivity contribution in [3.8, 4) is 5.75 Å². The number of alkyl halides is 3. The maximum Gasteiger partial charge on any atom is 0.416 e. The third kappa shape index (κ3) is 4.86. The number of nitrogens with one attached hydrogen (secondary N) is 1. The van der Waals surface area contributed by atoms with Crippen molar-refractivity contribution >= 4 is 11.4 Å². The summed E-state index contributed by atoms with van der Waals surface area (Å²) in [7, 11) is 0. The zero-order valence-corrected chi connectivity index (χ0v) is 10.5. The molecule has 0 saturated carbocycles. The second kappa shape index (κ2) is 6.51. The first-order valence-electron chi connectivity index (χ1n) is 5.85. The van der Waals surface area contributed by atoms with Crippen LogP contribution in [0.4, 0.5) is 24.5 Å². The Morgan fingerprint density at radius 1 is 1.42 bits per heavy atom. The average molecular weight is 278 g/mol. The van der Waals surface area contributed by atoms with Crippen LogP contribution in [0.1, 0.15) is 13.3 Å². The molecule has 0 aromatic heterocycles. The molecule has 0 aliphatic rings. The maximum absolute atomic E-state index is 12.1. The minimum absolute atomic E-state index is 0.406. The molecule has 7 heteroatoms. The van der Waals surface area contributed by atoms with Gasteiger partial charge in [0.1, 0.15) is 5.75 Å². The number of nitrogens with two attached hydrogens (primary N) is 1. The van der Waals surface area contributed by atoms with Gasteiger partial charge in [0.15, 0.2) is 6.10 Å². The smallest absolute Gasteiger partial charge is 0.416 e. The highest BCUT2D eigenvalue weighted by molar-refractivity contribution is 5.61. The second-order valence-electron chi connectivity index (χ2n) is 4.04. The predicted octanol–water partition coefficient (Wildman–Crippen LogP) is 2.39. The number of aliphatic hydroxyl groups excluding tert-OH is 1. The van der Waals surface area contributed by atoms with Crippen molar-refractivity contribution in [2.45, 2.75) is 25.6 Å². The Kier molecular flexibility index (Phi) is 5.29. The summed E-state index contributed by atoms with van der Waals surface area (Å²) in [4.78, 5) is 0. The van der Waals surface area contributed by atoms with Gasteiger partial charge in [-0.1, -0.05) is 6.92 Å². The molecule has 1 aromatic rings. The summed E-state index contributed by atoms with van der Waals surface area (Å²) in [6.07, 6.45) is -6.25. The zero-order chi connectivity index (χ0) is 14.5. The van der Waals surface area contributed by atoms with Gasteiger partial charge in [-0.25, -0.2) is 0 Å². The van der Waals surface area contributed by atoms with Gasteiger partial charge in [-0.2, -0.15) is 13.2 Å². The first-order valence-corrected chi connectivity index (χ1v) is 5.85. The minimum Gasteiger partial charge on any atom is -0.491 e. The molecule has 0 heterocycles. The number of nitrogen functional groups attached to an aromatic ring is 1. The molecule has 1 unspecified atom stereocenters. The maximum atomic E-state index is 12.1. The Morgan fingerprint density at radius 2 is 2.11 bits per heavy atom. The lowest BCUT2D eigenvalue weighted by molar-refractivity contribution is -0.198. The Bertz CT molecular complexity index is 410. The lowest BCUT2D eigenvalue weighted by Gasteiger charge is -2.16. The standard InChI is InChI=1S/C12H17F3N2O2/c1-2-5-19-10-6-8(3-4-9(10)16)17-7-11(18)12(13,14)15/h3-4,6,11,17-18H,2,5,7,16H2,1H3. The molecule has 0 spiro atoms. The number of aliphatic hydroxyl groups is 1. The predicted molar refractivity (Wildman–Crippen MR) is 67.2 cm³/mol. The fourth-order valence-electron chi connectivity index (χ4n) is 1.31. The SMILES string of the molecule is CCCOc1cc(NCC(O)C(F)(F)F)ccc1N. The van der Waals surface area contributed by atoms with Crippen molar-refractivity contribution in [3.05, 3.63) is 18.2 Å². The molecule has 1 aromatic carbocycles. The van der Waals surface area contributed by atoms with E-state index < -0.39 is 18.8 Å². The van der Waals surface area contributed by atoms with Crippen molar-refractivity contribution in [1.82, 2.24) is 0 Å². The number of anilines is 2. The third-order valence-corrected chi connectivity index (χ3v) is 2.35. The van der Waals surface area contributed by atoms with Crippen LogP contribution in [0.2, 0.25) is 0 Å². The molecule has 0 radical (unpaired) electrons. The van der Waals surface area contributed by atoms with E-state index in [0.29, 0.717) is 23.7 Å². The van der Waals surface area contributed by atoms with E-state index in [0.717, 1.165) is 6.42 Å². The van der Waals surface area contributed by atoms with Crippen LogP contribution in [0.5, 0.6) is 5.75 Å². The van der Waals surface area contributed by atoms with Gasteiger partial charge in [-0.15, -0.1) is 0 Å². The summed E-state index contributed by atoms with van der Waals surface area (Å²) in [5.74, 6) is 0.411. The second-order valence-corrected chi connectivity index (χ2v) is 4.04. The Balaban J connectivity index is 2.64. The van der Waals surface area contributed by atoms with Crippen LogP contribution in [0.3, 0.4) is 0 Å². The number of halogens is 3. The molecule has 4 nitrogen and oxygen atoms in total. The van der Waals surface area contributed by atoms with Crippen LogP contribution in [-0.4, -0.2) is 30.5 Å². The van der Waals surface area contributed by atoms with Gasteiger partial charge in [0.2, 0.25) is 0 Å². The summed E-state index contributed by atoms with van der Waals surface area (Å²) in [5.41, 5.74) is 6.49. The third-order valence-electron chi connectivity index (χ3n) is 2.35. The molecule has 0 fully saturated rings. The van der Waals surface area contributed by atoms with E-state index in [1.165, 1.54) is 18.2 Å². The molecule has 0 saturated heterocycles. The average Bonchev–Trinajstić information content (AvgIpc) is 2.34. The van der Waals surface area contributed by atoms with Crippen LogP contribution < -0.4 is 15.8 Å². The number of hydrogen-bond acceptors (Lipinski definition) is 4. The molecular weight excluding hydrogens is 261 g/mol. The fraction of sp³-hybridized carbons (Fsp3) is 0.500. The highest BCUT2D eigenvalue weighted by Crippen LogP contribution is 2.26. The monoisotopic (exact) mass is 278 g/mol. The molecular formula is C12H17F3N2O2. The van der Waals surface area contributed by atoms with Crippen molar-refractivity contribution in [2.24, 2.45) is 0 Å². The van der Waals surface area contributed by atoms with Crippen LogP contribution in [0, 0.1) is 0 Å². The van der Waals surface area contributed by atoms with E-state index in [-0.39, 0.29) is 0 Å². The van der Waals surface area contributed by atoms with E-state index in [9.17, 15) is 13.2 Å². The van der Waals surface area contributed by atoms with Gasteiger partial charge < -0.3 is 20.9 Å². The summed E-state index contributed by atoms with van der Waals surface area (Å²) in [5, 5.41) is 11.4. The molecule has 0 aliphatic heterocycles. The quantitative estimate of drug-likeness (QED) is 0.699. The molecule has 19 heavy (non-hydrogen) atoms. The van der Waals surface area contributed by atoms with Gasteiger partial charge >= 0.3 is 6.18 Å². The number of hydrogen-bond donors (Lipinski definition) is 3. The van der Waals surface area contributed by atoms with Crippen molar-refractivity contribution < 1.29 is 23.0 Å². The summed E-state index contributed by atoms with van der Waals surface area (Å²) in [6, 6.07) is 4.57. The minimum atomic E-state index is -4.64. The summed E-state index contributed by atoms with van der Waals surface area (Å²) >= 11 is 0. The topological polar surface area (TPSA) is 67.5 Å². The molecule has 108 valence electrons. The summed E-state index contributed by atoms with van der Waals surface area (Å²) < 4.78 is 41.7. The van der Waals surface area contributed by atoms with E-state index >= 15 is 0 Å². The van der Waals surface area contributed by atoms with E-state index in [4.69, 9.17) is 15.6 Å². The number of ether oxygens (including phenoxy) is 1. The first kappa shape index (κ1) is 15.4. The fourth-order valence-corrected chi connectivity index (χ4v) is 1.31. The van der Waals surface area contributed by atoms with Crippen LogP contribution in [0.25, 0.3) is 0 Å². The molecule has 1 rings (SSSR count). The molecule has 1 atom stereocenters. The molecule has 0 amide bonds. The van der Waals surface area contributed by atoms with Gasteiger partial charge in [-0.05, 0) is 18.6 Å². The first-order chi connectivity index (χ1) is 8.84. The van der Waals surface area contributed by atoms with Crippen LogP contribution in [-0.2, 0) is 0 Å². The van der Waals surface area contributed by atoms with Gasteiger partial charge in [-0.3, -0.25) is 0 Å². The molecule has 4 N–H and O–H groups in total. The molecule has 0 bridgehead atoms. The van der Waals surface area contributed by atoms with Crippen molar-refractivity contribution in [3.63, 3.8) is 0 Å². The van der Waals surface area contributed by atoms with E-state index in [2.05, 4.69) is 5.32 Å². The number of benzene rings is 1. The van der Waals surface area contributed by atoms with Gasteiger partial charge in [0.25, 0.3) is 0 Å². The summed E-state index contributed by atoms with van der Waals surface area (Å²) in [6.45, 7) is 1.78. The normalized spacial score (nSPS) is 13.1.